The molecule has 1 atom stereocenters. The lowest BCUT2D eigenvalue weighted by molar-refractivity contribution is 0.633. The molecule has 0 spiro atoms. The number of anilines is 1. The van der Waals surface area contributed by atoms with Gasteiger partial charge in [0.05, 0.1) is 0 Å². The molecule has 3 heteroatoms. The van der Waals surface area contributed by atoms with Crippen molar-refractivity contribution in [3.8, 4) is 0 Å². The zero-order valence-electron chi connectivity index (χ0n) is 8.31. The van der Waals surface area contributed by atoms with Gasteiger partial charge in [-0.3, -0.25) is 0 Å². The molecule has 2 N–H and O–H groups in total. The number of nitrogens with one attached hydrogen (secondary N) is 2. The smallest absolute Gasteiger partial charge is 0.0377 e. The normalized spacial score (nSPS) is 19.1. The number of hydrogen-bond donors (Lipinski definition) is 2. The van der Waals surface area contributed by atoms with E-state index in [0.29, 0.717) is 5.92 Å². The largest absolute Gasteiger partial charge is 0.384 e. The van der Waals surface area contributed by atoms with E-state index in [-0.39, 0.29) is 0 Å². The van der Waals surface area contributed by atoms with Gasteiger partial charge >= 0.3 is 0 Å². The van der Waals surface area contributed by atoms with Crippen LogP contribution >= 0.6 is 15.9 Å². The van der Waals surface area contributed by atoms with Crippen LogP contribution in [0.3, 0.4) is 0 Å². The van der Waals surface area contributed by atoms with Gasteiger partial charge in [0.25, 0.3) is 0 Å². The Hall–Kier alpha value is -0.540. The molecule has 76 valence electrons. The van der Waals surface area contributed by atoms with Crippen molar-refractivity contribution in [2.24, 2.45) is 0 Å². The highest BCUT2D eigenvalue weighted by atomic mass is 79.9. The van der Waals surface area contributed by atoms with Gasteiger partial charge in [0.2, 0.25) is 0 Å². The lowest BCUT2D eigenvalue weighted by Gasteiger charge is -2.09. The lowest BCUT2D eigenvalue weighted by atomic mass is 9.98. The van der Waals surface area contributed by atoms with Crippen molar-refractivity contribution in [3.05, 3.63) is 28.2 Å². The van der Waals surface area contributed by atoms with Gasteiger partial charge in [0.1, 0.15) is 0 Å². The second kappa shape index (κ2) is 4.32. The van der Waals surface area contributed by atoms with Crippen LogP contribution in [0.25, 0.3) is 0 Å². The van der Waals surface area contributed by atoms with Gasteiger partial charge < -0.3 is 10.6 Å². The molecule has 0 aliphatic carbocycles. The summed E-state index contributed by atoms with van der Waals surface area (Å²) in [6, 6.07) is 6.47. The van der Waals surface area contributed by atoms with Crippen molar-refractivity contribution in [1.82, 2.24) is 5.32 Å². The molecule has 2 rings (SSSR count). The van der Waals surface area contributed by atoms with E-state index in [2.05, 4.69) is 44.8 Å². The van der Waals surface area contributed by atoms with E-state index in [1.807, 2.05) is 7.05 Å². The minimum absolute atomic E-state index is 0.662. The Labute approximate surface area is 93.2 Å². The summed E-state index contributed by atoms with van der Waals surface area (Å²) in [5.74, 6) is 0.662. The molecule has 2 nitrogen and oxygen atoms in total. The molecule has 14 heavy (non-hydrogen) atoms. The first-order valence-electron chi connectivity index (χ1n) is 4.99. The second-order valence-electron chi connectivity index (χ2n) is 3.70. The molecular formula is C11H15BrN2. The third-order valence-electron chi connectivity index (χ3n) is 2.74. The summed E-state index contributed by atoms with van der Waals surface area (Å²) in [6.45, 7) is 2.16. The molecule has 1 aromatic rings. The van der Waals surface area contributed by atoms with Gasteiger partial charge in [-0.25, -0.2) is 0 Å². The Kier molecular flexibility index (Phi) is 3.08. The summed E-state index contributed by atoms with van der Waals surface area (Å²) in [5.41, 5.74) is 2.75. The van der Waals surface area contributed by atoms with E-state index in [0.717, 1.165) is 13.1 Å². The Bertz CT molecular complexity index is 325. The van der Waals surface area contributed by atoms with Crippen LogP contribution in [0.15, 0.2) is 22.7 Å². The average Bonchev–Trinajstić information content (AvgIpc) is 2.57. The summed E-state index contributed by atoms with van der Waals surface area (Å²) >= 11 is 3.52. The fourth-order valence-electron chi connectivity index (χ4n) is 1.95. The summed E-state index contributed by atoms with van der Waals surface area (Å²) in [5, 5.41) is 6.64. The fourth-order valence-corrected chi connectivity index (χ4v) is 2.33. The van der Waals surface area contributed by atoms with Crippen molar-refractivity contribution in [2.45, 2.75) is 12.3 Å². The number of halogens is 1. The van der Waals surface area contributed by atoms with Crippen molar-refractivity contribution in [1.29, 1.82) is 0 Å². The summed E-state index contributed by atoms with van der Waals surface area (Å²) in [6.07, 6.45) is 1.20. The minimum atomic E-state index is 0.662. The fraction of sp³-hybridized carbons (Fsp3) is 0.455. The van der Waals surface area contributed by atoms with Gasteiger partial charge in [0.15, 0.2) is 0 Å². The third kappa shape index (κ3) is 1.93. The van der Waals surface area contributed by atoms with Crippen molar-refractivity contribution >= 4 is 21.6 Å². The Morgan fingerprint density at radius 3 is 3.21 bits per heavy atom. The molecule has 0 aromatic heterocycles. The lowest BCUT2D eigenvalue weighted by Crippen LogP contribution is -2.13. The maximum absolute atomic E-state index is 3.52. The molecule has 0 fully saturated rings. The molecule has 1 aromatic carbocycles. The number of rotatable bonds is 3. The van der Waals surface area contributed by atoms with E-state index >= 15 is 0 Å². The first kappa shape index (κ1) is 9.99. The number of fused-ring (bicyclic) bond motifs is 1. The van der Waals surface area contributed by atoms with Gasteiger partial charge in [-0.15, -0.1) is 0 Å². The zero-order chi connectivity index (χ0) is 9.97. The van der Waals surface area contributed by atoms with Crippen LogP contribution in [0.2, 0.25) is 0 Å². The van der Waals surface area contributed by atoms with E-state index < -0.39 is 0 Å². The molecule has 0 saturated heterocycles. The molecule has 0 radical (unpaired) electrons. The molecular weight excluding hydrogens is 240 g/mol. The molecule has 1 aliphatic heterocycles. The predicted octanol–water partition coefficient (Wildman–Crippen LogP) is 2.57. The predicted molar refractivity (Wildman–Crippen MR) is 63.9 cm³/mol. The van der Waals surface area contributed by atoms with Crippen LogP contribution in [-0.4, -0.2) is 20.1 Å². The molecule has 1 unspecified atom stereocenters. The Morgan fingerprint density at radius 1 is 1.57 bits per heavy atom. The molecule has 1 heterocycles. The monoisotopic (exact) mass is 254 g/mol. The van der Waals surface area contributed by atoms with E-state index in [9.17, 15) is 0 Å². The van der Waals surface area contributed by atoms with E-state index in [1.165, 1.54) is 22.1 Å². The van der Waals surface area contributed by atoms with Gasteiger partial charge in [-0.2, -0.15) is 0 Å². The van der Waals surface area contributed by atoms with Crippen LogP contribution in [0.5, 0.6) is 0 Å². The molecule has 0 saturated carbocycles. The molecule has 1 aliphatic rings. The summed E-state index contributed by atoms with van der Waals surface area (Å²) in [7, 11) is 2.00. The van der Waals surface area contributed by atoms with E-state index in [1.54, 1.807) is 0 Å². The molecule has 0 amide bonds. The van der Waals surface area contributed by atoms with Crippen molar-refractivity contribution < 1.29 is 0 Å². The van der Waals surface area contributed by atoms with Crippen molar-refractivity contribution in [3.63, 3.8) is 0 Å². The first-order chi connectivity index (χ1) is 6.81. The third-order valence-corrected chi connectivity index (χ3v) is 3.23. The Morgan fingerprint density at radius 2 is 2.43 bits per heavy atom. The van der Waals surface area contributed by atoms with Gasteiger partial charge in [0, 0.05) is 22.6 Å². The highest BCUT2D eigenvalue weighted by Gasteiger charge is 2.21. The number of hydrogen-bond acceptors (Lipinski definition) is 2. The zero-order valence-corrected chi connectivity index (χ0v) is 9.89. The highest BCUT2D eigenvalue weighted by Crippen LogP contribution is 2.35. The second-order valence-corrected chi connectivity index (χ2v) is 4.62. The quantitative estimate of drug-likeness (QED) is 0.867. The minimum Gasteiger partial charge on any atom is -0.384 e. The number of benzene rings is 1. The standard InChI is InChI=1S/C11H15BrN2/c1-13-5-4-8-7-14-11-3-2-9(12)6-10(8)11/h2-3,6,8,13-14H,4-5,7H2,1H3. The van der Waals surface area contributed by atoms with E-state index in [4.69, 9.17) is 0 Å². The van der Waals surface area contributed by atoms with Crippen LogP contribution in [0, 0.1) is 0 Å². The van der Waals surface area contributed by atoms with Crippen LogP contribution < -0.4 is 10.6 Å². The maximum atomic E-state index is 3.52. The van der Waals surface area contributed by atoms with Crippen LogP contribution in [-0.2, 0) is 0 Å². The Balaban J connectivity index is 2.16. The average molecular weight is 255 g/mol. The first-order valence-corrected chi connectivity index (χ1v) is 5.78. The summed E-state index contributed by atoms with van der Waals surface area (Å²) in [4.78, 5) is 0. The maximum Gasteiger partial charge on any atom is 0.0377 e. The summed E-state index contributed by atoms with van der Waals surface area (Å²) < 4.78 is 1.18. The van der Waals surface area contributed by atoms with Crippen LogP contribution in [0.1, 0.15) is 17.9 Å². The molecule has 0 bridgehead atoms. The van der Waals surface area contributed by atoms with Gasteiger partial charge in [-0.05, 0) is 43.8 Å². The van der Waals surface area contributed by atoms with Crippen molar-refractivity contribution in [2.75, 3.05) is 25.5 Å². The SMILES string of the molecule is CNCCC1CNc2ccc(Br)cc21. The highest BCUT2D eigenvalue weighted by molar-refractivity contribution is 9.10. The van der Waals surface area contributed by atoms with Crippen LogP contribution in [0.4, 0.5) is 5.69 Å². The van der Waals surface area contributed by atoms with Gasteiger partial charge in [-0.1, -0.05) is 15.9 Å². The topological polar surface area (TPSA) is 24.1 Å².